The maximum absolute atomic E-state index is 13.4. The minimum absolute atomic E-state index is 0.0953. The van der Waals surface area contributed by atoms with E-state index in [1.54, 1.807) is 48.4 Å². The molecule has 4 rings (SSSR count). The second-order valence-corrected chi connectivity index (χ2v) is 8.31. The van der Waals surface area contributed by atoms with E-state index in [0.29, 0.717) is 28.4 Å². The molecule has 1 atom stereocenters. The van der Waals surface area contributed by atoms with Crippen LogP contribution in [-0.2, 0) is 4.74 Å². The van der Waals surface area contributed by atoms with Crippen LogP contribution in [0.5, 0.6) is 0 Å². The standard InChI is InChI=1S/C26H25ClN2O3/c1-17-6-3-4-7-21(17)25(30)28-20-12-9-18(10-13-20)26(31)29-15-5-8-24(32-2)22-16-19(27)11-14-23(22)29/h3-4,6-7,9-14,16,24H,5,8,15H2,1-2H3,(H,28,30). The predicted octanol–water partition coefficient (Wildman–Crippen LogP) is 6.03. The van der Waals surface area contributed by atoms with Crippen molar-refractivity contribution in [3.63, 3.8) is 0 Å². The molecule has 1 aliphatic heterocycles. The Morgan fingerprint density at radius 1 is 1.06 bits per heavy atom. The number of carbonyl (C=O) groups is 2. The first-order valence-electron chi connectivity index (χ1n) is 10.6. The Balaban J connectivity index is 1.55. The summed E-state index contributed by atoms with van der Waals surface area (Å²) < 4.78 is 5.65. The number of fused-ring (bicyclic) bond motifs is 1. The van der Waals surface area contributed by atoms with E-state index in [1.165, 1.54) is 0 Å². The van der Waals surface area contributed by atoms with E-state index in [1.807, 2.05) is 37.3 Å². The highest BCUT2D eigenvalue weighted by atomic mass is 35.5. The molecular formula is C26H25ClN2O3. The third-order valence-corrected chi connectivity index (χ3v) is 6.02. The summed E-state index contributed by atoms with van der Waals surface area (Å²) in [5.74, 6) is -0.270. The van der Waals surface area contributed by atoms with Gasteiger partial charge in [-0.1, -0.05) is 29.8 Å². The monoisotopic (exact) mass is 448 g/mol. The van der Waals surface area contributed by atoms with Crippen LogP contribution in [0.4, 0.5) is 11.4 Å². The molecule has 3 aromatic carbocycles. The third-order valence-electron chi connectivity index (χ3n) is 5.78. The summed E-state index contributed by atoms with van der Waals surface area (Å²) in [5.41, 5.74) is 4.47. The maximum Gasteiger partial charge on any atom is 0.258 e. The molecule has 164 valence electrons. The van der Waals surface area contributed by atoms with Crippen molar-refractivity contribution in [2.45, 2.75) is 25.9 Å². The van der Waals surface area contributed by atoms with Crippen molar-refractivity contribution >= 4 is 34.8 Å². The molecule has 2 amide bonds. The van der Waals surface area contributed by atoms with Gasteiger partial charge in [0.25, 0.3) is 11.8 Å². The molecule has 0 bridgehead atoms. The highest BCUT2D eigenvalue weighted by Gasteiger charge is 2.27. The van der Waals surface area contributed by atoms with E-state index in [-0.39, 0.29) is 17.9 Å². The van der Waals surface area contributed by atoms with Crippen LogP contribution in [0.3, 0.4) is 0 Å². The minimum Gasteiger partial charge on any atom is -0.377 e. The molecule has 0 spiro atoms. The molecule has 0 saturated carbocycles. The van der Waals surface area contributed by atoms with Crippen LogP contribution in [-0.4, -0.2) is 25.5 Å². The number of benzene rings is 3. The number of amides is 2. The molecule has 0 aromatic heterocycles. The lowest BCUT2D eigenvalue weighted by molar-refractivity contribution is 0.0960. The van der Waals surface area contributed by atoms with Crippen LogP contribution < -0.4 is 10.2 Å². The first-order chi connectivity index (χ1) is 15.5. The van der Waals surface area contributed by atoms with Gasteiger partial charge in [0.2, 0.25) is 0 Å². The molecule has 32 heavy (non-hydrogen) atoms. The highest BCUT2D eigenvalue weighted by molar-refractivity contribution is 6.30. The molecule has 5 nitrogen and oxygen atoms in total. The Kier molecular flexibility index (Phi) is 6.58. The number of hydrogen-bond donors (Lipinski definition) is 1. The first kappa shape index (κ1) is 22.1. The number of aryl methyl sites for hydroxylation is 1. The SMILES string of the molecule is COC1CCCN(C(=O)c2ccc(NC(=O)c3ccccc3C)cc2)c2ccc(Cl)cc21. The topological polar surface area (TPSA) is 58.6 Å². The van der Waals surface area contributed by atoms with Gasteiger partial charge in [0.15, 0.2) is 0 Å². The highest BCUT2D eigenvalue weighted by Crippen LogP contribution is 2.37. The van der Waals surface area contributed by atoms with Crippen molar-refractivity contribution in [1.82, 2.24) is 0 Å². The third kappa shape index (κ3) is 4.54. The molecule has 0 fully saturated rings. The van der Waals surface area contributed by atoms with E-state index in [0.717, 1.165) is 29.7 Å². The van der Waals surface area contributed by atoms with E-state index in [4.69, 9.17) is 16.3 Å². The second-order valence-electron chi connectivity index (χ2n) is 7.87. The van der Waals surface area contributed by atoms with Gasteiger partial charge in [-0.05, 0) is 73.9 Å². The van der Waals surface area contributed by atoms with Gasteiger partial charge in [0.1, 0.15) is 0 Å². The quantitative estimate of drug-likeness (QED) is 0.530. The Hall–Kier alpha value is -3.15. The molecule has 6 heteroatoms. The van der Waals surface area contributed by atoms with Gasteiger partial charge in [-0.15, -0.1) is 0 Å². The summed E-state index contributed by atoms with van der Waals surface area (Å²) >= 11 is 6.22. The number of nitrogens with zero attached hydrogens (tertiary/aromatic N) is 1. The average molecular weight is 449 g/mol. The lowest BCUT2D eigenvalue weighted by Gasteiger charge is -2.24. The van der Waals surface area contributed by atoms with Crippen molar-refractivity contribution < 1.29 is 14.3 Å². The number of nitrogens with one attached hydrogen (secondary N) is 1. The van der Waals surface area contributed by atoms with E-state index < -0.39 is 0 Å². The zero-order valence-electron chi connectivity index (χ0n) is 18.1. The van der Waals surface area contributed by atoms with Gasteiger partial charge in [0.05, 0.1) is 6.10 Å². The maximum atomic E-state index is 13.4. The molecule has 0 aliphatic carbocycles. The summed E-state index contributed by atoms with van der Waals surface area (Å²) in [5, 5.41) is 3.51. The van der Waals surface area contributed by atoms with Crippen molar-refractivity contribution in [3.8, 4) is 0 Å². The van der Waals surface area contributed by atoms with Gasteiger partial charge >= 0.3 is 0 Å². The van der Waals surface area contributed by atoms with Crippen LogP contribution >= 0.6 is 11.6 Å². The molecular weight excluding hydrogens is 424 g/mol. The van der Waals surface area contributed by atoms with Crippen LogP contribution in [0.2, 0.25) is 5.02 Å². The number of methoxy groups -OCH3 is 1. The molecule has 0 saturated heterocycles. The molecule has 0 radical (unpaired) electrons. The number of hydrogen-bond acceptors (Lipinski definition) is 3. The number of ether oxygens (including phenoxy) is 1. The van der Waals surface area contributed by atoms with Gasteiger partial charge in [0, 0.05) is 46.7 Å². The van der Waals surface area contributed by atoms with Gasteiger partial charge in [-0.2, -0.15) is 0 Å². The first-order valence-corrected chi connectivity index (χ1v) is 11.0. The normalized spacial score (nSPS) is 15.6. The second kappa shape index (κ2) is 9.55. The van der Waals surface area contributed by atoms with E-state index >= 15 is 0 Å². The van der Waals surface area contributed by atoms with Crippen molar-refractivity contribution in [2.75, 3.05) is 23.9 Å². The largest absolute Gasteiger partial charge is 0.377 e. The zero-order chi connectivity index (χ0) is 22.7. The zero-order valence-corrected chi connectivity index (χ0v) is 18.9. The number of carbonyl (C=O) groups excluding carboxylic acids is 2. The fourth-order valence-corrected chi connectivity index (χ4v) is 4.25. The summed E-state index contributed by atoms with van der Waals surface area (Å²) in [4.78, 5) is 27.7. The van der Waals surface area contributed by atoms with Gasteiger partial charge in [-0.3, -0.25) is 9.59 Å². The molecule has 1 unspecified atom stereocenters. The van der Waals surface area contributed by atoms with Gasteiger partial charge < -0.3 is 15.0 Å². The Morgan fingerprint density at radius 2 is 1.81 bits per heavy atom. The van der Waals surface area contributed by atoms with Crippen LogP contribution in [0.1, 0.15) is 50.8 Å². The minimum atomic E-state index is -0.175. The number of rotatable bonds is 4. The Labute approximate surface area is 193 Å². The fraction of sp³-hybridized carbons (Fsp3) is 0.231. The van der Waals surface area contributed by atoms with E-state index in [9.17, 15) is 9.59 Å². The lowest BCUT2D eigenvalue weighted by atomic mass is 10.0. The van der Waals surface area contributed by atoms with Gasteiger partial charge in [-0.25, -0.2) is 0 Å². The number of anilines is 2. The van der Waals surface area contributed by atoms with E-state index in [2.05, 4.69) is 5.32 Å². The average Bonchev–Trinajstić information content (AvgIpc) is 2.98. The van der Waals surface area contributed by atoms with Crippen molar-refractivity contribution in [3.05, 3.63) is 94.0 Å². The smallest absolute Gasteiger partial charge is 0.258 e. The summed E-state index contributed by atoms with van der Waals surface area (Å²) in [7, 11) is 1.68. The Bertz CT molecular complexity index is 1140. The number of halogens is 1. The molecule has 3 aromatic rings. The van der Waals surface area contributed by atoms with Crippen LogP contribution in [0.25, 0.3) is 0 Å². The van der Waals surface area contributed by atoms with Crippen molar-refractivity contribution in [1.29, 1.82) is 0 Å². The Morgan fingerprint density at radius 3 is 2.53 bits per heavy atom. The summed E-state index contributed by atoms with van der Waals surface area (Å²) in [6, 6.07) is 20.0. The van der Waals surface area contributed by atoms with Crippen LogP contribution in [0, 0.1) is 6.92 Å². The van der Waals surface area contributed by atoms with Crippen molar-refractivity contribution in [2.24, 2.45) is 0 Å². The summed E-state index contributed by atoms with van der Waals surface area (Å²) in [6.45, 7) is 2.50. The van der Waals surface area contributed by atoms with Crippen LogP contribution in [0.15, 0.2) is 66.7 Å². The fourth-order valence-electron chi connectivity index (χ4n) is 4.07. The molecule has 1 aliphatic rings. The summed E-state index contributed by atoms with van der Waals surface area (Å²) in [6.07, 6.45) is 1.54. The molecule has 1 N–H and O–H groups in total. The lowest BCUT2D eigenvalue weighted by Crippen LogP contribution is -2.31. The molecule has 1 heterocycles. The predicted molar refractivity (Wildman–Crippen MR) is 128 cm³/mol.